The molecule has 2 N–H and O–H groups in total. The maximum Gasteiger partial charge on any atom is 0.411 e. The highest BCUT2D eigenvalue weighted by atomic mass is 16.6. The number of nitrogens with zero attached hydrogens (tertiary/aromatic N) is 3. The largest absolute Gasteiger partial charge is 0.465 e. The van der Waals surface area contributed by atoms with Gasteiger partial charge < -0.3 is 9.84 Å². The smallest absolute Gasteiger partial charge is 0.411 e. The normalized spacial score (nSPS) is 28.7. The van der Waals surface area contributed by atoms with E-state index in [1.165, 1.54) is 30.5 Å². The Hall–Kier alpha value is -1.89. The van der Waals surface area contributed by atoms with Gasteiger partial charge in [0.2, 0.25) is 11.7 Å². The van der Waals surface area contributed by atoms with Crippen LogP contribution in [-0.2, 0) is 0 Å². The SMILES string of the molecule is CC1CCN(C(=O)O)C1(NC1CCCCC1)Oc1ccncn1. The summed E-state index contributed by atoms with van der Waals surface area (Å²) in [7, 11) is 0. The van der Waals surface area contributed by atoms with Gasteiger partial charge in [0.1, 0.15) is 6.33 Å². The zero-order valence-corrected chi connectivity index (χ0v) is 13.4. The van der Waals surface area contributed by atoms with Crippen LogP contribution in [0.4, 0.5) is 4.79 Å². The van der Waals surface area contributed by atoms with Crippen molar-refractivity contribution in [3.8, 4) is 5.88 Å². The van der Waals surface area contributed by atoms with E-state index in [0.717, 1.165) is 19.3 Å². The van der Waals surface area contributed by atoms with Crippen LogP contribution in [0.5, 0.6) is 5.88 Å². The van der Waals surface area contributed by atoms with Crippen molar-refractivity contribution in [2.45, 2.75) is 57.3 Å². The topological polar surface area (TPSA) is 87.6 Å². The Labute approximate surface area is 136 Å². The van der Waals surface area contributed by atoms with Gasteiger partial charge in [-0.05, 0) is 19.3 Å². The lowest BCUT2D eigenvalue weighted by Crippen LogP contribution is -2.66. The highest BCUT2D eigenvalue weighted by Crippen LogP contribution is 2.36. The number of nitrogens with one attached hydrogen (secondary N) is 1. The summed E-state index contributed by atoms with van der Waals surface area (Å²) in [6.07, 6.45) is 8.49. The van der Waals surface area contributed by atoms with Gasteiger partial charge in [0.05, 0.1) is 0 Å². The molecule has 1 aliphatic carbocycles. The van der Waals surface area contributed by atoms with Gasteiger partial charge in [0, 0.05) is 30.8 Å². The average Bonchev–Trinajstić information content (AvgIpc) is 2.86. The molecular weight excluding hydrogens is 296 g/mol. The quantitative estimate of drug-likeness (QED) is 0.829. The predicted molar refractivity (Wildman–Crippen MR) is 83.9 cm³/mol. The lowest BCUT2D eigenvalue weighted by atomic mass is 9.94. The lowest BCUT2D eigenvalue weighted by Gasteiger charge is -2.43. The van der Waals surface area contributed by atoms with E-state index in [0.29, 0.717) is 12.4 Å². The van der Waals surface area contributed by atoms with E-state index < -0.39 is 11.9 Å². The van der Waals surface area contributed by atoms with Gasteiger partial charge in [-0.25, -0.2) is 14.8 Å². The van der Waals surface area contributed by atoms with Crippen molar-refractivity contribution in [1.29, 1.82) is 0 Å². The predicted octanol–water partition coefficient (Wildman–Crippen LogP) is 2.45. The number of amides is 1. The van der Waals surface area contributed by atoms with Gasteiger partial charge in [-0.2, -0.15) is 0 Å². The Bertz CT molecular complexity index is 535. The molecule has 0 spiro atoms. The second-order valence-electron chi connectivity index (χ2n) is 6.45. The van der Waals surface area contributed by atoms with Gasteiger partial charge in [-0.1, -0.05) is 26.2 Å². The van der Waals surface area contributed by atoms with Crippen LogP contribution in [0.25, 0.3) is 0 Å². The van der Waals surface area contributed by atoms with Crippen LogP contribution < -0.4 is 10.1 Å². The van der Waals surface area contributed by atoms with Crippen LogP contribution in [0.15, 0.2) is 18.6 Å². The summed E-state index contributed by atoms with van der Waals surface area (Å²) < 4.78 is 6.13. The molecule has 7 heteroatoms. The Balaban J connectivity index is 1.89. The molecule has 1 aromatic heterocycles. The van der Waals surface area contributed by atoms with Gasteiger partial charge in [-0.15, -0.1) is 0 Å². The second-order valence-corrected chi connectivity index (χ2v) is 6.45. The molecule has 7 nitrogen and oxygen atoms in total. The van der Waals surface area contributed by atoms with Crippen LogP contribution in [0, 0.1) is 5.92 Å². The van der Waals surface area contributed by atoms with Gasteiger partial charge >= 0.3 is 6.09 Å². The fraction of sp³-hybridized carbons (Fsp3) is 0.688. The second kappa shape index (κ2) is 6.70. The molecule has 1 aromatic rings. The fourth-order valence-corrected chi connectivity index (χ4v) is 3.63. The number of carbonyl (C=O) groups is 1. The van der Waals surface area contributed by atoms with E-state index in [1.54, 1.807) is 12.3 Å². The first-order chi connectivity index (χ1) is 11.1. The Morgan fingerprint density at radius 1 is 1.39 bits per heavy atom. The van der Waals surface area contributed by atoms with Crippen molar-refractivity contribution >= 4 is 6.09 Å². The number of carboxylic acid groups (broad SMARTS) is 1. The summed E-state index contributed by atoms with van der Waals surface area (Å²) in [6, 6.07) is 1.93. The van der Waals surface area contributed by atoms with Crippen molar-refractivity contribution in [3.05, 3.63) is 18.6 Å². The van der Waals surface area contributed by atoms with E-state index in [-0.39, 0.29) is 12.0 Å². The van der Waals surface area contributed by atoms with Crippen molar-refractivity contribution in [3.63, 3.8) is 0 Å². The molecular formula is C16H24N4O3. The summed E-state index contributed by atoms with van der Waals surface area (Å²) in [5, 5.41) is 13.2. The van der Waals surface area contributed by atoms with Crippen molar-refractivity contribution < 1.29 is 14.6 Å². The van der Waals surface area contributed by atoms with Crippen LogP contribution in [0.2, 0.25) is 0 Å². The first-order valence-corrected chi connectivity index (χ1v) is 8.35. The summed E-state index contributed by atoms with van der Waals surface area (Å²) in [5.74, 6) is -0.624. The Kier molecular flexibility index (Phi) is 4.66. The van der Waals surface area contributed by atoms with Gasteiger partial charge in [0.15, 0.2) is 0 Å². The maximum absolute atomic E-state index is 11.8. The third-order valence-corrected chi connectivity index (χ3v) is 4.92. The Morgan fingerprint density at radius 3 is 2.83 bits per heavy atom. The summed E-state index contributed by atoms with van der Waals surface area (Å²) >= 11 is 0. The molecule has 1 saturated carbocycles. The first-order valence-electron chi connectivity index (χ1n) is 8.35. The molecule has 0 aromatic carbocycles. The zero-order chi connectivity index (χ0) is 16.3. The molecule has 0 radical (unpaired) electrons. The minimum atomic E-state index is -1.05. The third-order valence-electron chi connectivity index (χ3n) is 4.92. The molecule has 2 heterocycles. The highest BCUT2D eigenvalue weighted by Gasteiger charge is 2.53. The molecule has 1 aliphatic heterocycles. The number of hydrogen-bond donors (Lipinski definition) is 2. The van der Waals surface area contributed by atoms with Crippen LogP contribution in [0.3, 0.4) is 0 Å². The molecule has 23 heavy (non-hydrogen) atoms. The first kappa shape index (κ1) is 16.0. The Morgan fingerprint density at radius 2 is 2.17 bits per heavy atom. The molecule has 1 saturated heterocycles. The lowest BCUT2D eigenvalue weighted by molar-refractivity contribution is -0.108. The maximum atomic E-state index is 11.8. The minimum absolute atomic E-state index is 0.0375. The van der Waals surface area contributed by atoms with E-state index in [1.807, 2.05) is 6.92 Å². The number of ether oxygens (including phenoxy) is 1. The molecule has 2 atom stereocenters. The number of hydrogen-bond acceptors (Lipinski definition) is 5. The van der Waals surface area contributed by atoms with Crippen LogP contribution >= 0.6 is 0 Å². The van der Waals surface area contributed by atoms with E-state index >= 15 is 0 Å². The van der Waals surface area contributed by atoms with Gasteiger partial charge in [-0.3, -0.25) is 10.2 Å². The van der Waals surface area contributed by atoms with Crippen LogP contribution in [0.1, 0.15) is 45.4 Å². The fourth-order valence-electron chi connectivity index (χ4n) is 3.63. The monoisotopic (exact) mass is 320 g/mol. The summed E-state index contributed by atoms with van der Waals surface area (Å²) in [4.78, 5) is 21.2. The van der Waals surface area contributed by atoms with E-state index in [4.69, 9.17) is 4.74 Å². The van der Waals surface area contributed by atoms with Crippen molar-refractivity contribution in [2.24, 2.45) is 5.92 Å². The number of rotatable bonds is 4. The molecule has 1 amide bonds. The summed E-state index contributed by atoms with van der Waals surface area (Å²) in [6.45, 7) is 2.49. The van der Waals surface area contributed by atoms with Crippen LogP contribution in [-0.4, -0.2) is 44.5 Å². The minimum Gasteiger partial charge on any atom is -0.465 e. The number of likely N-dealkylation sites (tertiary alicyclic amines) is 1. The molecule has 3 rings (SSSR count). The van der Waals surface area contributed by atoms with E-state index in [9.17, 15) is 9.90 Å². The average molecular weight is 320 g/mol. The van der Waals surface area contributed by atoms with Gasteiger partial charge in [0.25, 0.3) is 0 Å². The van der Waals surface area contributed by atoms with E-state index in [2.05, 4.69) is 15.3 Å². The zero-order valence-electron chi connectivity index (χ0n) is 13.4. The third kappa shape index (κ3) is 3.24. The summed E-state index contributed by atoms with van der Waals surface area (Å²) in [5.41, 5.74) is 0. The highest BCUT2D eigenvalue weighted by molar-refractivity contribution is 5.66. The van der Waals surface area contributed by atoms with Crippen molar-refractivity contribution in [2.75, 3.05) is 6.54 Å². The van der Waals surface area contributed by atoms with Crippen molar-refractivity contribution in [1.82, 2.24) is 20.2 Å². The molecule has 126 valence electrons. The standard InChI is InChI=1S/C16H24N4O3/c1-12-8-10-20(15(21)22)16(12,19-13-5-3-2-4-6-13)23-14-7-9-17-11-18-14/h7,9,11-13,19H,2-6,8,10H2,1H3,(H,21,22). The molecule has 2 aliphatic rings. The molecule has 2 unspecified atom stereocenters. The number of aromatic nitrogens is 2. The molecule has 2 fully saturated rings. The molecule has 0 bridgehead atoms.